The van der Waals surface area contributed by atoms with Crippen LogP contribution in [0.15, 0.2) is 77.7 Å². The summed E-state index contributed by atoms with van der Waals surface area (Å²) < 4.78 is 39.4. The molecule has 0 aliphatic rings. The van der Waals surface area contributed by atoms with E-state index in [2.05, 4.69) is 5.32 Å². The number of rotatable bonds is 13. The van der Waals surface area contributed by atoms with E-state index >= 15 is 0 Å². The number of benzene rings is 3. The highest BCUT2D eigenvalue weighted by atomic mass is 32.2. The van der Waals surface area contributed by atoms with Crippen LogP contribution in [0.5, 0.6) is 11.5 Å². The largest absolute Gasteiger partial charge is 0.497 e. The standard InChI is InChI=1S/C30H37N3O6S/c1-6-18-31-30(35)23(3)32(20-24-8-7-9-27(19-24)39-5)29(34)21-33(25-12-14-26(38-4)15-13-25)40(36,37)28-16-10-22(2)11-17-28/h7-17,19,23H,6,18,20-21H2,1-5H3,(H,31,35)/t23-/m0/s1. The van der Waals surface area contributed by atoms with E-state index in [-0.39, 0.29) is 17.3 Å². The van der Waals surface area contributed by atoms with Crippen LogP contribution in [0.4, 0.5) is 5.69 Å². The molecule has 0 heterocycles. The number of methoxy groups -OCH3 is 2. The number of nitrogens with zero attached hydrogens (tertiary/aromatic N) is 2. The number of anilines is 1. The monoisotopic (exact) mass is 567 g/mol. The Morgan fingerprint density at radius 2 is 1.57 bits per heavy atom. The van der Waals surface area contributed by atoms with Gasteiger partial charge in [-0.15, -0.1) is 0 Å². The number of aryl methyl sites for hydroxylation is 1. The molecule has 0 aliphatic heterocycles. The summed E-state index contributed by atoms with van der Waals surface area (Å²) in [5, 5.41) is 2.83. The van der Waals surface area contributed by atoms with E-state index < -0.39 is 28.5 Å². The molecule has 3 rings (SSSR count). The van der Waals surface area contributed by atoms with Crippen molar-refractivity contribution in [3.05, 3.63) is 83.9 Å². The Bertz CT molecular complexity index is 1390. The molecule has 214 valence electrons. The summed E-state index contributed by atoms with van der Waals surface area (Å²) in [6.07, 6.45) is 0.738. The van der Waals surface area contributed by atoms with E-state index in [9.17, 15) is 18.0 Å². The van der Waals surface area contributed by atoms with Gasteiger partial charge in [0.15, 0.2) is 0 Å². The predicted octanol–water partition coefficient (Wildman–Crippen LogP) is 4.15. The van der Waals surface area contributed by atoms with Crippen molar-refractivity contribution < 1.29 is 27.5 Å². The van der Waals surface area contributed by atoms with Crippen LogP contribution in [0.3, 0.4) is 0 Å². The molecule has 1 N–H and O–H groups in total. The van der Waals surface area contributed by atoms with Gasteiger partial charge in [-0.3, -0.25) is 13.9 Å². The smallest absolute Gasteiger partial charge is 0.264 e. The Morgan fingerprint density at radius 3 is 2.17 bits per heavy atom. The molecule has 0 radical (unpaired) electrons. The maximum Gasteiger partial charge on any atom is 0.264 e. The Balaban J connectivity index is 2.03. The third-order valence-corrected chi connectivity index (χ3v) is 8.24. The fraction of sp³-hybridized carbons (Fsp3) is 0.333. The summed E-state index contributed by atoms with van der Waals surface area (Å²) in [6, 6.07) is 19.2. The third-order valence-electron chi connectivity index (χ3n) is 6.45. The van der Waals surface area contributed by atoms with E-state index in [1.54, 1.807) is 68.6 Å². The van der Waals surface area contributed by atoms with E-state index in [1.165, 1.54) is 24.1 Å². The summed E-state index contributed by atoms with van der Waals surface area (Å²) in [5.74, 6) is 0.294. The minimum atomic E-state index is -4.14. The lowest BCUT2D eigenvalue weighted by molar-refractivity contribution is -0.139. The molecule has 40 heavy (non-hydrogen) atoms. The molecular weight excluding hydrogens is 530 g/mol. The molecule has 10 heteroatoms. The van der Waals surface area contributed by atoms with Gasteiger partial charge in [0.05, 0.1) is 24.8 Å². The third kappa shape index (κ3) is 7.53. The van der Waals surface area contributed by atoms with Gasteiger partial charge in [-0.25, -0.2) is 8.42 Å². The van der Waals surface area contributed by atoms with Crippen LogP contribution in [0.1, 0.15) is 31.4 Å². The lowest BCUT2D eigenvalue weighted by Crippen LogP contribution is -2.51. The van der Waals surface area contributed by atoms with E-state index in [1.807, 2.05) is 19.9 Å². The Labute approximate surface area is 236 Å². The van der Waals surface area contributed by atoms with Gasteiger partial charge in [0.2, 0.25) is 11.8 Å². The number of nitrogens with one attached hydrogen (secondary N) is 1. The number of ether oxygens (including phenoxy) is 2. The summed E-state index contributed by atoms with van der Waals surface area (Å²) >= 11 is 0. The molecule has 0 saturated heterocycles. The molecule has 0 spiro atoms. The maximum absolute atomic E-state index is 13.9. The first-order chi connectivity index (χ1) is 19.1. The van der Waals surface area contributed by atoms with Gasteiger partial charge in [-0.05, 0) is 74.4 Å². The highest BCUT2D eigenvalue weighted by Crippen LogP contribution is 2.27. The molecule has 3 aromatic rings. The second-order valence-electron chi connectivity index (χ2n) is 9.36. The van der Waals surface area contributed by atoms with Crippen molar-refractivity contribution in [3.63, 3.8) is 0 Å². The molecule has 9 nitrogen and oxygen atoms in total. The van der Waals surface area contributed by atoms with Gasteiger partial charge in [-0.2, -0.15) is 0 Å². The summed E-state index contributed by atoms with van der Waals surface area (Å²) in [7, 11) is -1.08. The molecule has 0 aliphatic carbocycles. The fourth-order valence-corrected chi connectivity index (χ4v) is 5.47. The number of amides is 2. The zero-order valence-corrected chi connectivity index (χ0v) is 24.4. The van der Waals surface area contributed by atoms with Crippen LogP contribution in [0, 0.1) is 6.92 Å². The number of carbonyl (C=O) groups is 2. The lowest BCUT2D eigenvalue weighted by Gasteiger charge is -2.32. The molecule has 0 unspecified atom stereocenters. The van der Waals surface area contributed by atoms with Gasteiger partial charge in [0.25, 0.3) is 10.0 Å². The van der Waals surface area contributed by atoms with E-state index in [0.717, 1.165) is 21.9 Å². The van der Waals surface area contributed by atoms with Crippen LogP contribution in [0.25, 0.3) is 0 Å². The zero-order chi connectivity index (χ0) is 29.3. The van der Waals surface area contributed by atoms with Gasteiger partial charge >= 0.3 is 0 Å². The van der Waals surface area contributed by atoms with Crippen LogP contribution in [0.2, 0.25) is 0 Å². The predicted molar refractivity (Wildman–Crippen MR) is 155 cm³/mol. The number of hydrogen-bond acceptors (Lipinski definition) is 6. The van der Waals surface area contributed by atoms with Crippen molar-refractivity contribution >= 4 is 27.5 Å². The molecule has 0 aromatic heterocycles. The van der Waals surface area contributed by atoms with Crippen molar-refractivity contribution in [2.75, 3.05) is 31.6 Å². The van der Waals surface area contributed by atoms with Gasteiger partial charge in [-0.1, -0.05) is 36.8 Å². The van der Waals surface area contributed by atoms with Crippen LogP contribution < -0.4 is 19.1 Å². The van der Waals surface area contributed by atoms with Crippen LogP contribution in [-0.2, 0) is 26.2 Å². The molecular formula is C30H37N3O6S. The first-order valence-electron chi connectivity index (χ1n) is 13.0. The summed E-state index contributed by atoms with van der Waals surface area (Å²) in [6.45, 7) is 5.46. The molecule has 2 amide bonds. The topological polar surface area (TPSA) is 105 Å². The Hall–Kier alpha value is -4.05. The molecule has 0 bridgehead atoms. The van der Waals surface area contributed by atoms with E-state index in [4.69, 9.17) is 9.47 Å². The quantitative estimate of drug-likeness (QED) is 0.333. The summed E-state index contributed by atoms with van der Waals surface area (Å²) in [4.78, 5) is 28.3. The minimum Gasteiger partial charge on any atom is -0.497 e. The summed E-state index contributed by atoms with van der Waals surface area (Å²) in [5.41, 5.74) is 1.93. The SMILES string of the molecule is CCCNC(=O)[C@H](C)N(Cc1cccc(OC)c1)C(=O)CN(c1ccc(OC)cc1)S(=O)(=O)c1ccc(C)cc1. The average Bonchev–Trinajstić information content (AvgIpc) is 2.97. The van der Waals surface area contributed by atoms with Crippen LogP contribution in [-0.4, -0.2) is 58.5 Å². The maximum atomic E-state index is 13.9. The molecule has 0 fully saturated rings. The molecule has 3 aromatic carbocycles. The number of carbonyl (C=O) groups excluding carboxylic acids is 2. The fourth-order valence-electron chi connectivity index (χ4n) is 4.06. The van der Waals surface area contributed by atoms with Crippen LogP contribution >= 0.6 is 0 Å². The minimum absolute atomic E-state index is 0.0507. The van der Waals surface area contributed by atoms with Gasteiger partial charge in [0.1, 0.15) is 24.1 Å². The van der Waals surface area contributed by atoms with Gasteiger partial charge < -0.3 is 19.7 Å². The van der Waals surface area contributed by atoms with Crippen molar-refractivity contribution in [2.24, 2.45) is 0 Å². The second-order valence-corrected chi connectivity index (χ2v) is 11.2. The normalized spacial score (nSPS) is 11.8. The van der Waals surface area contributed by atoms with Crippen molar-refractivity contribution in [2.45, 2.75) is 44.7 Å². The Kier molecular flexibility index (Phi) is 10.6. The number of sulfonamides is 1. The van der Waals surface area contributed by atoms with Crippen molar-refractivity contribution in [1.29, 1.82) is 0 Å². The lowest BCUT2D eigenvalue weighted by atomic mass is 10.1. The van der Waals surface area contributed by atoms with E-state index in [0.29, 0.717) is 23.7 Å². The molecule has 1 atom stereocenters. The molecule has 0 saturated carbocycles. The zero-order valence-electron chi connectivity index (χ0n) is 23.6. The first-order valence-corrected chi connectivity index (χ1v) is 14.5. The second kappa shape index (κ2) is 13.8. The van der Waals surface area contributed by atoms with Crippen molar-refractivity contribution in [1.82, 2.24) is 10.2 Å². The highest BCUT2D eigenvalue weighted by Gasteiger charge is 2.32. The average molecular weight is 568 g/mol. The van der Waals surface area contributed by atoms with Gasteiger partial charge in [0, 0.05) is 13.1 Å². The first kappa shape index (κ1) is 30.5. The Morgan fingerprint density at radius 1 is 0.925 bits per heavy atom. The van der Waals surface area contributed by atoms with Crippen molar-refractivity contribution in [3.8, 4) is 11.5 Å². The number of hydrogen-bond donors (Lipinski definition) is 1. The highest BCUT2D eigenvalue weighted by molar-refractivity contribution is 7.92.